The van der Waals surface area contributed by atoms with Crippen molar-refractivity contribution in [3.63, 3.8) is 0 Å². The predicted octanol–water partition coefficient (Wildman–Crippen LogP) is 1.47. The van der Waals surface area contributed by atoms with Crippen molar-refractivity contribution in [2.75, 3.05) is 11.1 Å². The topological polar surface area (TPSA) is 92.5 Å². The molecule has 2 rings (SSSR count). The minimum atomic E-state index is -4.47. The zero-order chi connectivity index (χ0) is 12.5. The second-order valence-corrected chi connectivity index (χ2v) is 4.05. The van der Waals surface area contributed by atoms with Gasteiger partial charge >= 0.3 is 6.18 Å². The van der Waals surface area contributed by atoms with Crippen LogP contribution in [0.1, 0.15) is 10.6 Å². The van der Waals surface area contributed by atoms with E-state index in [1.807, 2.05) is 0 Å². The molecule has 0 spiro atoms. The largest absolute Gasteiger partial charge is 0.445 e. The van der Waals surface area contributed by atoms with Gasteiger partial charge in [-0.15, -0.1) is 10.2 Å². The lowest BCUT2D eigenvalue weighted by atomic mass is 10.3. The highest BCUT2D eigenvalue weighted by Crippen LogP contribution is 2.33. The summed E-state index contributed by atoms with van der Waals surface area (Å²) in [4.78, 5) is 0. The lowest BCUT2D eigenvalue weighted by Gasteiger charge is -2.00. The average Bonchev–Trinajstić information content (AvgIpc) is 2.82. The van der Waals surface area contributed by atoms with Gasteiger partial charge < -0.3 is 11.1 Å². The first-order valence-corrected chi connectivity index (χ1v) is 5.21. The summed E-state index contributed by atoms with van der Waals surface area (Å²) >= 11 is 0.438. The Morgan fingerprint density at radius 2 is 2.18 bits per heavy atom. The molecule has 0 saturated heterocycles. The molecule has 92 valence electrons. The van der Waals surface area contributed by atoms with Crippen molar-refractivity contribution in [2.24, 2.45) is 0 Å². The van der Waals surface area contributed by atoms with E-state index in [-0.39, 0.29) is 11.7 Å². The Kier molecular flexibility index (Phi) is 2.88. The molecule has 10 heteroatoms. The highest BCUT2D eigenvalue weighted by Gasteiger charge is 2.35. The van der Waals surface area contributed by atoms with E-state index < -0.39 is 11.2 Å². The quantitative estimate of drug-likeness (QED) is 0.780. The maximum absolute atomic E-state index is 12.2. The Morgan fingerprint density at radius 3 is 2.71 bits per heavy atom. The molecule has 4 N–H and O–H groups in total. The number of aromatic nitrogens is 4. The van der Waals surface area contributed by atoms with Gasteiger partial charge in [0.1, 0.15) is 5.82 Å². The summed E-state index contributed by atoms with van der Waals surface area (Å²) in [5, 5.41) is 14.4. The molecular weight excluding hydrogens is 257 g/mol. The van der Waals surface area contributed by atoms with E-state index in [1.165, 1.54) is 6.20 Å². The average molecular weight is 264 g/mol. The number of hydrogen-bond acceptors (Lipinski definition) is 6. The van der Waals surface area contributed by atoms with Crippen LogP contribution in [-0.2, 0) is 12.7 Å². The molecule has 0 aliphatic rings. The summed E-state index contributed by atoms with van der Waals surface area (Å²) in [5.74, 6) is 0.359. The van der Waals surface area contributed by atoms with Crippen LogP contribution in [0.15, 0.2) is 6.20 Å². The summed E-state index contributed by atoms with van der Waals surface area (Å²) in [6.45, 7) is 0.231. The molecule has 2 aromatic rings. The lowest BCUT2D eigenvalue weighted by molar-refractivity contribution is -0.138. The molecule has 0 aliphatic carbocycles. The zero-order valence-electron chi connectivity index (χ0n) is 8.25. The first-order chi connectivity index (χ1) is 7.97. The molecule has 0 aromatic carbocycles. The van der Waals surface area contributed by atoms with Gasteiger partial charge in [-0.1, -0.05) is 11.3 Å². The zero-order valence-corrected chi connectivity index (χ0v) is 9.06. The van der Waals surface area contributed by atoms with E-state index in [2.05, 4.69) is 25.7 Å². The molecule has 2 aromatic heterocycles. The Labute approximate surface area is 97.1 Å². The van der Waals surface area contributed by atoms with E-state index in [1.54, 1.807) is 0 Å². The highest BCUT2D eigenvalue weighted by molar-refractivity contribution is 7.15. The maximum atomic E-state index is 12.2. The van der Waals surface area contributed by atoms with E-state index in [0.29, 0.717) is 22.7 Å². The van der Waals surface area contributed by atoms with Gasteiger partial charge in [0, 0.05) is 12.1 Å². The number of H-pyrrole nitrogens is 1. The molecule has 0 aliphatic heterocycles. The first kappa shape index (κ1) is 11.6. The van der Waals surface area contributed by atoms with Gasteiger partial charge in [0.25, 0.3) is 0 Å². The number of aromatic amines is 1. The summed E-state index contributed by atoms with van der Waals surface area (Å²) in [5.41, 5.74) is 6.16. The second kappa shape index (κ2) is 4.20. The Hall–Kier alpha value is -1.84. The van der Waals surface area contributed by atoms with Crippen molar-refractivity contribution in [1.82, 2.24) is 20.4 Å². The molecule has 0 radical (unpaired) electrons. The van der Waals surface area contributed by atoms with Gasteiger partial charge in [0.15, 0.2) is 0 Å². The van der Waals surface area contributed by atoms with Crippen molar-refractivity contribution >= 4 is 22.3 Å². The number of anilines is 2. The third kappa shape index (κ3) is 2.64. The van der Waals surface area contributed by atoms with Gasteiger partial charge in [-0.05, 0) is 0 Å². The van der Waals surface area contributed by atoms with Crippen molar-refractivity contribution in [2.45, 2.75) is 12.7 Å². The Bertz CT molecular complexity index is 504. The van der Waals surface area contributed by atoms with Crippen LogP contribution in [0.5, 0.6) is 0 Å². The van der Waals surface area contributed by atoms with Crippen LogP contribution in [0.4, 0.5) is 24.1 Å². The molecular formula is C7H7F3N6S. The fourth-order valence-electron chi connectivity index (χ4n) is 1.04. The number of hydrogen-bond donors (Lipinski definition) is 3. The number of alkyl halides is 3. The summed E-state index contributed by atoms with van der Waals surface area (Å²) in [7, 11) is 0. The first-order valence-electron chi connectivity index (χ1n) is 4.39. The van der Waals surface area contributed by atoms with Crippen molar-refractivity contribution in [3.8, 4) is 0 Å². The lowest BCUT2D eigenvalue weighted by Crippen LogP contribution is -2.03. The normalized spacial score (nSPS) is 11.7. The number of nitrogen functional groups attached to an aromatic ring is 1. The molecule has 0 bridgehead atoms. The number of halogens is 3. The second-order valence-electron chi connectivity index (χ2n) is 3.07. The van der Waals surface area contributed by atoms with Crippen LogP contribution >= 0.6 is 11.3 Å². The van der Waals surface area contributed by atoms with Gasteiger partial charge in [-0.2, -0.15) is 18.3 Å². The van der Waals surface area contributed by atoms with E-state index in [4.69, 9.17) is 5.73 Å². The van der Waals surface area contributed by atoms with Gasteiger partial charge in [-0.3, -0.25) is 5.10 Å². The molecule has 0 unspecified atom stereocenters. The smallest absolute Gasteiger partial charge is 0.384 e. The Balaban J connectivity index is 2.01. The standard InChI is InChI=1S/C7H7F3N6S/c8-7(9,10)5-15-16-6(17-5)12-1-3-2-13-14-4(3)11/h2H,1H2,(H,12,16)(H3,11,13,14). The van der Waals surface area contributed by atoms with Crippen LogP contribution in [0.2, 0.25) is 0 Å². The van der Waals surface area contributed by atoms with Crippen LogP contribution < -0.4 is 11.1 Å². The maximum Gasteiger partial charge on any atom is 0.445 e. The number of nitrogens with zero attached hydrogens (tertiary/aromatic N) is 3. The van der Waals surface area contributed by atoms with Crippen molar-refractivity contribution in [1.29, 1.82) is 0 Å². The predicted molar refractivity (Wildman–Crippen MR) is 55.2 cm³/mol. The third-order valence-corrected chi connectivity index (χ3v) is 2.77. The van der Waals surface area contributed by atoms with E-state index >= 15 is 0 Å². The van der Waals surface area contributed by atoms with Crippen LogP contribution in [-0.4, -0.2) is 20.4 Å². The SMILES string of the molecule is Nc1[nH]ncc1CNc1nnc(C(F)(F)F)s1. The van der Waals surface area contributed by atoms with Crippen molar-refractivity contribution < 1.29 is 13.2 Å². The minimum absolute atomic E-state index is 0.0814. The molecule has 6 nitrogen and oxygen atoms in total. The van der Waals surface area contributed by atoms with Crippen LogP contribution in [0, 0.1) is 0 Å². The van der Waals surface area contributed by atoms with Gasteiger partial charge in [-0.25, -0.2) is 0 Å². The summed E-state index contributed by atoms with van der Waals surface area (Å²) in [6.07, 6.45) is -2.99. The van der Waals surface area contributed by atoms with Crippen molar-refractivity contribution in [3.05, 3.63) is 16.8 Å². The van der Waals surface area contributed by atoms with E-state index in [0.717, 1.165) is 0 Å². The highest BCUT2D eigenvalue weighted by atomic mass is 32.1. The molecule has 0 fully saturated rings. The fourth-order valence-corrected chi connectivity index (χ4v) is 1.65. The number of nitrogens with one attached hydrogen (secondary N) is 2. The number of nitrogens with two attached hydrogens (primary N) is 1. The van der Waals surface area contributed by atoms with E-state index in [9.17, 15) is 13.2 Å². The number of rotatable bonds is 3. The summed E-state index contributed by atoms with van der Waals surface area (Å²) < 4.78 is 36.7. The molecule has 0 atom stereocenters. The Morgan fingerprint density at radius 1 is 1.41 bits per heavy atom. The van der Waals surface area contributed by atoms with Crippen LogP contribution in [0.25, 0.3) is 0 Å². The molecule has 0 saturated carbocycles. The minimum Gasteiger partial charge on any atom is -0.384 e. The molecule has 17 heavy (non-hydrogen) atoms. The third-order valence-electron chi connectivity index (χ3n) is 1.85. The van der Waals surface area contributed by atoms with Crippen LogP contribution in [0.3, 0.4) is 0 Å². The van der Waals surface area contributed by atoms with Gasteiger partial charge in [0.05, 0.1) is 6.20 Å². The molecule has 0 amide bonds. The van der Waals surface area contributed by atoms with Gasteiger partial charge in [0.2, 0.25) is 10.1 Å². The monoisotopic (exact) mass is 264 g/mol. The fraction of sp³-hybridized carbons (Fsp3) is 0.286. The molecule has 2 heterocycles. The summed E-state index contributed by atoms with van der Waals surface area (Å²) in [6, 6.07) is 0.